The summed E-state index contributed by atoms with van der Waals surface area (Å²) in [5, 5.41) is 2.12. The van der Waals surface area contributed by atoms with Gasteiger partial charge in [0.1, 0.15) is 18.2 Å². The van der Waals surface area contributed by atoms with E-state index in [1.165, 1.54) is 0 Å². The number of aromatic nitrogens is 1. The molecule has 2 aliphatic heterocycles. The average Bonchev–Trinajstić information content (AvgIpc) is 3.13. The van der Waals surface area contributed by atoms with E-state index in [0.717, 1.165) is 32.7 Å². The van der Waals surface area contributed by atoms with Crippen LogP contribution in [0.15, 0.2) is 54.6 Å². The van der Waals surface area contributed by atoms with Crippen molar-refractivity contribution in [3.63, 3.8) is 0 Å². The highest BCUT2D eigenvalue weighted by Crippen LogP contribution is 2.42. The third-order valence-corrected chi connectivity index (χ3v) is 6.00. The van der Waals surface area contributed by atoms with Gasteiger partial charge in [0, 0.05) is 23.0 Å². The quantitative estimate of drug-likeness (QED) is 0.632. The monoisotopic (exact) mass is 446 g/mol. The van der Waals surface area contributed by atoms with Crippen molar-refractivity contribution >= 4 is 28.8 Å². The molecule has 0 bridgehead atoms. The highest BCUT2D eigenvalue weighted by molar-refractivity contribution is 5.98. The first-order valence-corrected chi connectivity index (χ1v) is 11.0. The first-order valence-electron chi connectivity index (χ1n) is 11.0. The van der Waals surface area contributed by atoms with Gasteiger partial charge in [0.15, 0.2) is 0 Å². The van der Waals surface area contributed by atoms with Crippen molar-refractivity contribution in [2.24, 2.45) is 0 Å². The van der Waals surface area contributed by atoms with E-state index in [0.29, 0.717) is 6.42 Å². The Hall–Kier alpha value is -3.81. The zero-order valence-corrected chi connectivity index (χ0v) is 18.8. The fraction of sp³-hybridized carbons (Fsp3) is 0.320. The number of nitrogens with one attached hydrogen (secondary N) is 2. The first kappa shape index (κ1) is 21.1. The number of hydrazine groups is 1. The maximum Gasteiger partial charge on any atom is 0.426 e. The van der Waals surface area contributed by atoms with Gasteiger partial charge in [0.2, 0.25) is 5.91 Å². The number of piperazine rings is 1. The lowest BCUT2D eigenvalue weighted by Gasteiger charge is -2.46. The summed E-state index contributed by atoms with van der Waals surface area (Å²) in [5.41, 5.74) is 5.57. The van der Waals surface area contributed by atoms with Gasteiger partial charge in [-0.15, -0.1) is 0 Å². The number of benzene rings is 2. The van der Waals surface area contributed by atoms with Crippen LogP contribution in [0.4, 0.5) is 4.79 Å². The van der Waals surface area contributed by atoms with Gasteiger partial charge in [0.05, 0.1) is 6.04 Å². The molecule has 1 saturated heterocycles. The molecule has 0 aliphatic carbocycles. The summed E-state index contributed by atoms with van der Waals surface area (Å²) in [4.78, 5) is 44.3. The number of carbonyl (C=O) groups excluding carboxylic acids is 3. The van der Waals surface area contributed by atoms with Gasteiger partial charge in [0.25, 0.3) is 5.91 Å². The fourth-order valence-electron chi connectivity index (χ4n) is 4.75. The topological polar surface area (TPSA) is 94.7 Å². The van der Waals surface area contributed by atoms with Crippen LogP contribution in [0.25, 0.3) is 10.9 Å². The predicted molar refractivity (Wildman–Crippen MR) is 122 cm³/mol. The van der Waals surface area contributed by atoms with E-state index in [2.05, 4.69) is 10.4 Å². The molecule has 0 spiro atoms. The number of hydrogen-bond donors (Lipinski definition) is 2. The van der Waals surface area contributed by atoms with Crippen LogP contribution in [0.5, 0.6) is 0 Å². The second kappa shape index (κ2) is 7.65. The van der Waals surface area contributed by atoms with E-state index in [1.807, 2.05) is 54.6 Å². The van der Waals surface area contributed by atoms with Crippen LogP contribution in [0, 0.1) is 0 Å². The molecule has 3 heterocycles. The molecule has 0 saturated carbocycles. The van der Waals surface area contributed by atoms with Gasteiger partial charge in [-0.2, -0.15) is 0 Å². The number of nitrogens with zero attached hydrogens (tertiary/aromatic N) is 2. The first-order chi connectivity index (χ1) is 15.7. The fourth-order valence-corrected chi connectivity index (χ4v) is 4.75. The van der Waals surface area contributed by atoms with Crippen LogP contribution in [0.3, 0.4) is 0 Å². The highest BCUT2D eigenvalue weighted by atomic mass is 16.6. The predicted octanol–water partition coefficient (Wildman–Crippen LogP) is 3.29. The number of ether oxygens (including phenoxy) is 1. The Labute approximate surface area is 191 Å². The summed E-state index contributed by atoms with van der Waals surface area (Å²) >= 11 is 0. The van der Waals surface area contributed by atoms with Gasteiger partial charge in [-0.25, -0.2) is 15.2 Å². The molecule has 2 N–H and O–H groups in total. The number of rotatable bonds is 2. The Kier molecular flexibility index (Phi) is 4.88. The molecule has 1 unspecified atom stereocenters. The second-order valence-electron chi connectivity index (χ2n) is 9.44. The summed E-state index contributed by atoms with van der Waals surface area (Å²) in [5.74, 6) is -0.578. The van der Waals surface area contributed by atoms with Crippen molar-refractivity contribution in [1.29, 1.82) is 0 Å². The van der Waals surface area contributed by atoms with Crippen LogP contribution in [-0.2, 0) is 20.7 Å². The lowest BCUT2D eigenvalue weighted by Crippen LogP contribution is -2.66. The van der Waals surface area contributed by atoms with E-state index in [-0.39, 0.29) is 18.4 Å². The lowest BCUT2D eigenvalue weighted by molar-refractivity contribution is -0.161. The SMILES string of the molecule is CC(C)(C)OC(=O)NN1CC(=O)N2C(c3ccccc3)c3[nH]c4ccccc4c3C[C@H]2C1=O. The number of amides is 3. The summed E-state index contributed by atoms with van der Waals surface area (Å²) < 4.78 is 5.28. The summed E-state index contributed by atoms with van der Waals surface area (Å²) in [6, 6.07) is 16.5. The minimum atomic E-state index is -0.764. The molecule has 3 amide bonds. The zero-order valence-electron chi connectivity index (χ0n) is 18.8. The summed E-state index contributed by atoms with van der Waals surface area (Å²) in [6.45, 7) is 4.96. The minimum Gasteiger partial charge on any atom is -0.443 e. The van der Waals surface area contributed by atoms with E-state index in [4.69, 9.17) is 4.74 Å². The Morgan fingerprint density at radius 3 is 2.48 bits per heavy atom. The smallest absolute Gasteiger partial charge is 0.426 e. The number of hydrogen-bond acceptors (Lipinski definition) is 4. The van der Waals surface area contributed by atoms with Gasteiger partial charge >= 0.3 is 6.09 Å². The number of H-pyrrole nitrogens is 1. The Bertz CT molecular complexity index is 1240. The molecule has 2 atom stereocenters. The van der Waals surface area contributed by atoms with E-state index < -0.39 is 23.8 Å². The molecule has 2 aromatic carbocycles. The molecule has 0 radical (unpaired) electrons. The normalized spacial score (nSPS) is 20.5. The van der Waals surface area contributed by atoms with Crippen LogP contribution < -0.4 is 5.43 Å². The highest BCUT2D eigenvalue weighted by Gasteiger charge is 2.48. The summed E-state index contributed by atoms with van der Waals surface area (Å²) in [6.07, 6.45) is -0.403. The number of carbonyl (C=O) groups is 3. The Morgan fingerprint density at radius 2 is 1.76 bits per heavy atom. The van der Waals surface area contributed by atoms with Crippen molar-refractivity contribution in [3.05, 3.63) is 71.4 Å². The molecule has 33 heavy (non-hydrogen) atoms. The van der Waals surface area contributed by atoms with Crippen LogP contribution in [0.2, 0.25) is 0 Å². The summed E-state index contributed by atoms with van der Waals surface area (Å²) in [7, 11) is 0. The molecule has 1 aromatic heterocycles. The third-order valence-electron chi connectivity index (χ3n) is 6.00. The third kappa shape index (κ3) is 3.71. The van der Waals surface area contributed by atoms with Crippen LogP contribution >= 0.6 is 0 Å². The van der Waals surface area contributed by atoms with Crippen molar-refractivity contribution in [1.82, 2.24) is 20.3 Å². The van der Waals surface area contributed by atoms with Crippen LogP contribution in [-0.4, -0.2) is 51.0 Å². The van der Waals surface area contributed by atoms with E-state index in [1.54, 1.807) is 25.7 Å². The second-order valence-corrected chi connectivity index (χ2v) is 9.44. The van der Waals surface area contributed by atoms with E-state index in [9.17, 15) is 14.4 Å². The molecule has 1 fully saturated rings. The van der Waals surface area contributed by atoms with Gasteiger partial charge in [-0.3, -0.25) is 9.59 Å². The largest absolute Gasteiger partial charge is 0.443 e. The maximum atomic E-state index is 13.5. The van der Waals surface area contributed by atoms with Crippen molar-refractivity contribution in [2.75, 3.05) is 6.54 Å². The average molecular weight is 447 g/mol. The molecule has 8 nitrogen and oxygen atoms in total. The molecular formula is C25H26N4O4. The Balaban J connectivity index is 1.55. The number of fused-ring (bicyclic) bond motifs is 4. The lowest BCUT2D eigenvalue weighted by atomic mass is 9.86. The standard InChI is InChI=1S/C25H26N4O4/c1-25(2,3)33-24(32)27-28-14-20(30)29-19(23(28)31)13-17-16-11-7-8-12-18(16)26-21(17)22(29)15-9-5-4-6-10-15/h4-12,19,22,26H,13-14H2,1-3H3,(H,27,32)/t19-,22?/m0/s1. The molecule has 2 aliphatic rings. The number of aromatic amines is 1. The van der Waals surface area contributed by atoms with Crippen molar-refractivity contribution in [3.8, 4) is 0 Å². The van der Waals surface area contributed by atoms with E-state index >= 15 is 0 Å². The number of para-hydroxylation sites is 1. The molecule has 170 valence electrons. The van der Waals surface area contributed by atoms with Crippen molar-refractivity contribution < 1.29 is 19.1 Å². The van der Waals surface area contributed by atoms with Gasteiger partial charge in [-0.1, -0.05) is 48.5 Å². The Morgan fingerprint density at radius 1 is 1.06 bits per heavy atom. The molecule has 8 heteroatoms. The molecular weight excluding hydrogens is 420 g/mol. The zero-order chi connectivity index (χ0) is 23.3. The maximum absolute atomic E-state index is 13.5. The molecule has 5 rings (SSSR count). The minimum absolute atomic E-state index is 0.242. The van der Waals surface area contributed by atoms with Crippen molar-refractivity contribution in [2.45, 2.75) is 44.9 Å². The van der Waals surface area contributed by atoms with Gasteiger partial charge in [-0.05, 0) is 38.0 Å². The van der Waals surface area contributed by atoms with Crippen LogP contribution in [0.1, 0.15) is 43.6 Å². The van der Waals surface area contributed by atoms with Gasteiger partial charge < -0.3 is 14.6 Å². The molecule has 3 aromatic rings.